The van der Waals surface area contributed by atoms with Crippen LogP contribution in [0.25, 0.3) is 0 Å². The maximum absolute atomic E-state index is 12.6. The molecule has 3 N–H and O–H groups in total. The summed E-state index contributed by atoms with van der Waals surface area (Å²) in [4.78, 5) is 27.0. The normalized spacial score (nSPS) is 15.1. The molecule has 2 heterocycles. The SMILES string of the molecule is CC(C)(C)c1ccc(C(=O)CCCCCl)cc1.CC(C)(C)c1ccc(C(=O)CCCCN2CCC(C(O)(c3ccccc3)c3ccccc3)CC2)cc1.OC(c1ccccc1)(c1ccccc1)C1CCNCC1. The second-order valence-corrected chi connectivity index (χ2v) is 22.6. The molecular formula is C66H83ClN2O4. The first-order chi connectivity index (χ1) is 35.0. The number of benzene rings is 6. The summed E-state index contributed by atoms with van der Waals surface area (Å²) in [6.07, 6.45) is 8.85. The minimum atomic E-state index is -0.969. The zero-order valence-corrected chi connectivity index (χ0v) is 45.4. The third-order valence-electron chi connectivity index (χ3n) is 15.0. The third kappa shape index (κ3) is 15.9. The Morgan fingerprint density at radius 2 is 0.795 bits per heavy atom. The van der Waals surface area contributed by atoms with Crippen molar-refractivity contribution in [3.63, 3.8) is 0 Å². The van der Waals surface area contributed by atoms with Crippen LogP contribution in [0.15, 0.2) is 170 Å². The van der Waals surface area contributed by atoms with Crippen LogP contribution in [-0.4, -0.2) is 65.3 Å². The molecule has 73 heavy (non-hydrogen) atoms. The number of ketones is 2. The lowest BCUT2D eigenvalue weighted by atomic mass is 9.72. The molecule has 388 valence electrons. The van der Waals surface area contributed by atoms with Crippen LogP contribution in [0.5, 0.6) is 0 Å². The number of hydrogen-bond donors (Lipinski definition) is 3. The highest BCUT2D eigenvalue weighted by Gasteiger charge is 2.42. The molecule has 0 bridgehead atoms. The van der Waals surface area contributed by atoms with Gasteiger partial charge in [-0.1, -0.05) is 211 Å². The number of nitrogens with one attached hydrogen (secondary N) is 1. The Labute approximate surface area is 443 Å². The Bertz CT molecular complexity index is 2440. The lowest BCUT2D eigenvalue weighted by Gasteiger charge is -2.42. The highest BCUT2D eigenvalue weighted by atomic mass is 35.5. The second-order valence-electron chi connectivity index (χ2n) is 22.2. The molecule has 8 rings (SSSR count). The fraction of sp³-hybridized carbons (Fsp3) is 0.424. The molecule has 0 saturated carbocycles. The lowest BCUT2D eigenvalue weighted by Crippen LogP contribution is -2.44. The average Bonchev–Trinajstić information content (AvgIpc) is 3.43. The van der Waals surface area contributed by atoms with E-state index in [9.17, 15) is 19.8 Å². The molecule has 0 aromatic heterocycles. The van der Waals surface area contributed by atoms with E-state index in [1.54, 1.807) is 0 Å². The van der Waals surface area contributed by atoms with Crippen molar-refractivity contribution < 1.29 is 19.8 Å². The molecule has 6 aromatic carbocycles. The van der Waals surface area contributed by atoms with Crippen molar-refractivity contribution in [3.8, 4) is 0 Å². The Balaban J connectivity index is 0.000000198. The summed E-state index contributed by atoms with van der Waals surface area (Å²) in [5, 5.41) is 27.0. The first-order valence-corrected chi connectivity index (χ1v) is 27.5. The summed E-state index contributed by atoms with van der Waals surface area (Å²) in [7, 11) is 0. The van der Waals surface area contributed by atoms with Gasteiger partial charge in [-0.25, -0.2) is 0 Å². The van der Waals surface area contributed by atoms with E-state index in [0.717, 1.165) is 117 Å². The number of aliphatic hydroxyl groups is 2. The first kappa shape index (κ1) is 57.1. The molecule has 0 radical (unpaired) electrons. The van der Waals surface area contributed by atoms with Crippen LogP contribution in [0.2, 0.25) is 0 Å². The molecule has 6 nitrogen and oxygen atoms in total. The van der Waals surface area contributed by atoms with Crippen molar-refractivity contribution in [2.75, 3.05) is 38.6 Å². The molecular weight excluding hydrogens is 920 g/mol. The van der Waals surface area contributed by atoms with Crippen molar-refractivity contribution >= 4 is 23.2 Å². The van der Waals surface area contributed by atoms with Crippen molar-refractivity contribution in [2.45, 2.75) is 128 Å². The molecule has 2 aliphatic heterocycles. The number of rotatable bonds is 17. The molecule has 0 aliphatic carbocycles. The largest absolute Gasteiger partial charge is 0.380 e. The lowest BCUT2D eigenvalue weighted by molar-refractivity contribution is -0.0143. The van der Waals surface area contributed by atoms with Gasteiger partial charge in [0.15, 0.2) is 11.6 Å². The Morgan fingerprint density at radius 3 is 1.12 bits per heavy atom. The number of carbonyl (C=O) groups excluding carboxylic acids is 2. The molecule has 0 spiro atoms. The minimum Gasteiger partial charge on any atom is -0.380 e. The molecule has 2 aliphatic rings. The van der Waals surface area contributed by atoms with Crippen molar-refractivity contribution in [1.29, 1.82) is 0 Å². The van der Waals surface area contributed by atoms with Gasteiger partial charge in [0.05, 0.1) is 0 Å². The maximum Gasteiger partial charge on any atom is 0.162 e. The molecule has 6 aromatic rings. The van der Waals surface area contributed by atoms with Crippen molar-refractivity contribution in [1.82, 2.24) is 10.2 Å². The fourth-order valence-electron chi connectivity index (χ4n) is 10.5. The number of piperidine rings is 2. The monoisotopic (exact) mass is 1000 g/mol. The van der Waals surface area contributed by atoms with E-state index in [4.69, 9.17) is 11.6 Å². The number of carbonyl (C=O) groups is 2. The van der Waals surface area contributed by atoms with E-state index in [-0.39, 0.29) is 34.2 Å². The van der Waals surface area contributed by atoms with Crippen molar-refractivity contribution in [3.05, 3.63) is 214 Å². The van der Waals surface area contributed by atoms with Gasteiger partial charge in [0.2, 0.25) is 0 Å². The van der Waals surface area contributed by atoms with Gasteiger partial charge in [-0.3, -0.25) is 9.59 Å². The molecule has 7 heteroatoms. The standard InChI is InChI=1S/C33H41NO2.C18H21NO.C15H21ClO/c1-32(2,3)27-19-17-26(18-20-27)31(35)16-10-11-23-34-24-21-30(22-25-34)33(36,28-12-6-4-7-13-28)29-14-8-5-9-15-29;20-18(15-7-3-1-4-8-15,16-9-5-2-6-10-16)17-11-13-19-14-12-17;1-15(2,3)13-9-7-12(8-10-13)14(17)6-4-5-11-16/h4-9,12-15,17-20,30,36H,10-11,16,21-25H2,1-3H3;1-10,17,19-20H,11-14H2;7-10H,4-6,11H2,1-3H3. The van der Waals surface area contributed by atoms with E-state index >= 15 is 0 Å². The predicted octanol–water partition coefficient (Wildman–Crippen LogP) is 14.5. The summed E-state index contributed by atoms with van der Waals surface area (Å²) < 4.78 is 0. The number of halogens is 1. The second kappa shape index (κ2) is 27.4. The Morgan fingerprint density at radius 1 is 0.466 bits per heavy atom. The first-order valence-electron chi connectivity index (χ1n) is 27.0. The number of Topliss-reactive ketones (excluding diaryl/α,β-unsaturated/α-hetero) is 2. The van der Waals surface area contributed by atoms with Crippen LogP contribution in [0, 0.1) is 11.8 Å². The molecule has 2 saturated heterocycles. The van der Waals surface area contributed by atoms with Crippen LogP contribution >= 0.6 is 11.6 Å². The van der Waals surface area contributed by atoms with Crippen LogP contribution in [0.1, 0.15) is 160 Å². The number of alkyl halides is 1. The van der Waals surface area contributed by atoms with E-state index < -0.39 is 11.2 Å². The Kier molecular flexibility index (Phi) is 21.4. The minimum absolute atomic E-state index is 0.104. The van der Waals surface area contributed by atoms with Gasteiger partial charge in [-0.05, 0) is 140 Å². The van der Waals surface area contributed by atoms with Gasteiger partial charge in [-0.15, -0.1) is 11.6 Å². The summed E-state index contributed by atoms with van der Waals surface area (Å²) in [5.74, 6) is 1.53. The van der Waals surface area contributed by atoms with Gasteiger partial charge in [0.1, 0.15) is 11.2 Å². The Hall–Kier alpha value is -5.21. The highest BCUT2D eigenvalue weighted by Crippen LogP contribution is 2.43. The molecule has 0 atom stereocenters. The predicted molar refractivity (Wildman–Crippen MR) is 304 cm³/mol. The number of likely N-dealkylation sites (tertiary alicyclic amines) is 1. The summed E-state index contributed by atoms with van der Waals surface area (Å²) in [5.41, 5.74) is 6.49. The van der Waals surface area contributed by atoms with E-state index in [1.807, 2.05) is 146 Å². The van der Waals surface area contributed by atoms with Gasteiger partial charge < -0.3 is 20.4 Å². The van der Waals surface area contributed by atoms with Crippen LogP contribution in [0.3, 0.4) is 0 Å². The maximum atomic E-state index is 12.6. The topological polar surface area (TPSA) is 89.9 Å². The van der Waals surface area contributed by atoms with Crippen LogP contribution < -0.4 is 5.32 Å². The quantitative estimate of drug-likeness (QED) is 0.0479. The van der Waals surface area contributed by atoms with Crippen LogP contribution in [0.4, 0.5) is 0 Å². The number of hydrogen-bond acceptors (Lipinski definition) is 6. The van der Waals surface area contributed by atoms with Gasteiger partial charge in [0, 0.05) is 29.8 Å². The smallest absolute Gasteiger partial charge is 0.162 e. The average molecular weight is 1000 g/mol. The molecule has 0 amide bonds. The van der Waals surface area contributed by atoms with Crippen molar-refractivity contribution in [2.24, 2.45) is 11.8 Å². The fourth-order valence-corrected chi connectivity index (χ4v) is 10.7. The van der Waals surface area contributed by atoms with Crippen LogP contribution in [-0.2, 0) is 22.0 Å². The number of unbranched alkanes of at least 4 members (excludes halogenated alkanes) is 2. The van der Waals surface area contributed by atoms with E-state index in [1.165, 1.54) is 11.1 Å². The third-order valence-corrected chi connectivity index (χ3v) is 15.3. The summed E-state index contributed by atoms with van der Waals surface area (Å²) in [6, 6.07) is 56.5. The molecule has 0 unspecified atom stereocenters. The van der Waals surface area contributed by atoms with Gasteiger partial charge in [-0.2, -0.15) is 0 Å². The summed E-state index contributed by atoms with van der Waals surface area (Å²) >= 11 is 5.59. The molecule has 2 fully saturated rings. The zero-order chi connectivity index (χ0) is 52.3. The number of nitrogens with zero attached hydrogens (tertiary/aromatic N) is 1. The van der Waals surface area contributed by atoms with E-state index in [2.05, 4.69) is 76.0 Å². The van der Waals surface area contributed by atoms with Gasteiger partial charge >= 0.3 is 0 Å². The zero-order valence-electron chi connectivity index (χ0n) is 44.7. The van der Waals surface area contributed by atoms with E-state index in [0.29, 0.717) is 18.7 Å². The highest BCUT2D eigenvalue weighted by molar-refractivity contribution is 6.17. The van der Waals surface area contributed by atoms with Gasteiger partial charge in [0.25, 0.3) is 0 Å². The summed E-state index contributed by atoms with van der Waals surface area (Å²) in [6.45, 7) is 18.0.